The lowest BCUT2D eigenvalue weighted by molar-refractivity contribution is 0.629. The number of nitrogens with zero attached hydrogens (tertiary/aromatic N) is 3. The van der Waals surface area contributed by atoms with Crippen LogP contribution in [0.15, 0.2) is 72.1 Å². The normalized spacial score (nSPS) is 11.7. The van der Waals surface area contributed by atoms with Gasteiger partial charge in [-0.15, -0.1) is 0 Å². The molecule has 0 amide bonds. The van der Waals surface area contributed by atoms with Gasteiger partial charge in [-0.3, -0.25) is 4.99 Å². The number of aromatic nitrogens is 3. The summed E-state index contributed by atoms with van der Waals surface area (Å²) in [6, 6.07) is 14.8. The third kappa shape index (κ3) is 4.45. The second-order valence-electron chi connectivity index (χ2n) is 6.74. The van der Waals surface area contributed by atoms with E-state index in [9.17, 15) is 4.39 Å². The molecule has 2 heterocycles. The van der Waals surface area contributed by atoms with Crippen LogP contribution in [0.5, 0.6) is 0 Å². The Balaban J connectivity index is 1.30. The number of rotatable bonds is 6. The number of hydrogen-bond acceptors (Lipinski definition) is 2. The Kier molecular flexibility index (Phi) is 5.56. The standard InChI is InChI=1S/C22H23FN6/c1-24-22(25-10-9-17-14-26-21-8-7-18(23)11-20(17)21)27-12-16-13-28-29(15-16)19-5-3-2-4-6-19/h2-8,11,13-15,26H,9-10,12H2,1H3,(H2,24,25,27). The topological polar surface area (TPSA) is 70.0 Å². The molecule has 0 radical (unpaired) electrons. The van der Waals surface area contributed by atoms with Crippen molar-refractivity contribution < 1.29 is 4.39 Å². The van der Waals surface area contributed by atoms with Crippen molar-refractivity contribution in [2.45, 2.75) is 13.0 Å². The van der Waals surface area contributed by atoms with Crippen LogP contribution < -0.4 is 10.6 Å². The summed E-state index contributed by atoms with van der Waals surface area (Å²) in [7, 11) is 1.74. The number of hydrogen-bond donors (Lipinski definition) is 3. The average Bonchev–Trinajstić information content (AvgIpc) is 3.38. The van der Waals surface area contributed by atoms with Crippen molar-refractivity contribution in [2.24, 2.45) is 4.99 Å². The van der Waals surface area contributed by atoms with E-state index in [1.54, 1.807) is 19.2 Å². The molecular formula is C22H23FN6. The molecule has 4 rings (SSSR count). The Morgan fingerprint density at radius 3 is 2.86 bits per heavy atom. The molecule has 0 aliphatic carbocycles. The number of nitrogens with one attached hydrogen (secondary N) is 3. The smallest absolute Gasteiger partial charge is 0.191 e. The summed E-state index contributed by atoms with van der Waals surface area (Å²) in [5, 5.41) is 11.9. The Morgan fingerprint density at radius 1 is 1.17 bits per heavy atom. The largest absolute Gasteiger partial charge is 0.361 e. The number of para-hydroxylation sites is 1. The van der Waals surface area contributed by atoms with E-state index in [4.69, 9.17) is 0 Å². The molecule has 29 heavy (non-hydrogen) atoms. The first-order valence-electron chi connectivity index (χ1n) is 9.52. The molecule has 0 saturated carbocycles. The zero-order valence-electron chi connectivity index (χ0n) is 16.2. The van der Waals surface area contributed by atoms with Crippen molar-refractivity contribution in [3.8, 4) is 5.69 Å². The first kappa shape index (κ1) is 18.7. The SMILES string of the molecule is CN=C(NCCc1c[nH]c2ccc(F)cc12)NCc1cnn(-c2ccccc2)c1. The summed E-state index contributed by atoms with van der Waals surface area (Å²) in [5.74, 6) is 0.489. The molecule has 0 aliphatic rings. The Labute approximate surface area is 168 Å². The van der Waals surface area contributed by atoms with E-state index in [2.05, 4.69) is 25.7 Å². The second kappa shape index (κ2) is 8.60. The summed E-state index contributed by atoms with van der Waals surface area (Å²) in [5.41, 5.74) is 4.10. The van der Waals surface area contributed by atoms with Gasteiger partial charge in [-0.2, -0.15) is 5.10 Å². The summed E-state index contributed by atoms with van der Waals surface area (Å²) in [6.07, 6.45) is 6.53. The van der Waals surface area contributed by atoms with Crippen LogP contribution in [0.25, 0.3) is 16.6 Å². The Hall–Kier alpha value is -3.61. The van der Waals surface area contributed by atoms with E-state index in [1.807, 2.05) is 53.6 Å². The van der Waals surface area contributed by atoms with E-state index in [0.717, 1.165) is 34.1 Å². The van der Waals surface area contributed by atoms with Gasteiger partial charge in [0.1, 0.15) is 5.82 Å². The fourth-order valence-corrected chi connectivity index (χ4v) is 3.25. The Bertz CT molecular complexity index is 1110. The average molecular weight is 390 g/mol. The highest BCUT2D eigenvalue weighted by Gasteiger charge is 2.06. The quantitative estimate of drug-likeness (QED) is 0.349. The molecule has 2 aromatic heterocycles. The van der Waals surface area contributed by atoms with E-state index in [-0.39, 0.29) is 5.82 Å². The molecule has 0 atom stereocenters. The van der Waals surface area contributed by atoms with Crippen LogP contribution in [0, 0.1) is 5.82 Å². The van der Waals surface area contributed by atoms with Gasteiger partial charge in [0, 0.05) is 49.0 Å². The van der Waals surface area contributed by atoms with Crippen LogP contribution in [-0.4, -0.2) is 34.3 Å². The number of guanidine groups is 1. The summed E-state index contributed by atoms with van der Waals surface area (Å²) in [6.45, 7) is 1.30. The van der Waals surface area contributed by atoms with Crippen LogP contribution in [0.4, 0.5) is 4.39 Å². The molecule has 0 spiro atoms. The van der Waals surface area contributed by atoms with Gasteiger partial charge in [-0.1, -0.05) is 18.2 Å². The minimum absolute atomic E-state index is 0.222. The van der Waals surface area contributed by atoms with Crippen LogP contribution in [0.3, 0.4) is 0 Å². The summed E-state index contributed by atoms with van der Waals surface area (Å²) >= 11 is 0. The first-order chi connectivity index (χ1) is 14.2. The van der Waals surface area contributed by atoms with Gasteiger partial charge in [0.15, 0.2) is 5.96 Å². The number of fused-ring (bicyclic) bond motifs is 1. The van der Waals surface area contributed by atoms with Crippen LogP contribution in [-0.2, 0) is 13.0 Å². The molecule has 7 heteroatoms. The molecular weight excluding hydrogens is 367 g/mol. The Morgan fingerprint density at radius 2 is 2.03 bits per heavy atom. The summed E-state index contributed by atoms with van der Waals surface area (Å²) < 4.78 is 15.4. The lowest BCUT2D eigenvalue weighted by Gasteiger charge is -2.11. The fourth-order valence-electron chi connectivity index (χ4n) is 3.25. The molecule has 0 aliphatic heterocycles. The van der Waals surface area contributed by atoms with Crippen LogP contribution >= 0.6 is 0 Å². The van der Waals surface area contributed by atoms with Gasteiger partial charge in [0.2, 0.25) is 0 Å². The van der Waals surface area contributed by atoms with Crippen molar-refractivity contribution >= 4 is 16.9 Å². The maximum Gasteiger partial charge on any atom is 0.191 e. The van der Waals surface area contributed by atoms with Crippen molar-refractivity contribution in [3.63, 3.8) is 0 Å². The predicted octanol–water partition coefficient (Wildman–Crippen LogP) is 3.40. The highest BCUT2D eigenvalue weighted by atomic mass is 19.1. The minimum atomic E-state index is -0.222. The second-order valence-corrected chi connectivity index (χ2v) is 6.74. The van der Waals surface area contributed by atoms with E-state index >= 15 is 0 Å². The number of benzene rings is 2. The monoisotopic (exact) mass is 390 g/mol. The zero-order valence-corrected chi connectivity index (χ0v) is 16.2. The van der Waals surface area contributed by atoms with Gasteiger partial charge in [0.25, 0.3) is 0 Å². The lowest BCUT2D eigenvalue weighted by Crippen LogP contribution is -2.37. The van der Waals surface area contributed by atoms with Gasteiger partial charge in [0.05, 0.1) is 11.9 Å². The lowest BCUT2D eigenvalue weighted by atomic mass is 10.1. The fraction of sp³-hybridized carbons (Fsp3) is 0.182. The van der Waals surface area contributed by atoms with Gasteiger partial charge in [-0.25, -0.2) is 9.07 Å². The maximum absolute atomic E-state index is 13.5. The highest BCUT2D eigenvalue weighted by molar-refractivity contribution is 5.83. The molecule has 148 valence electrons. The molecule has 6 nitrogen and oxygen atoms in total. The molecule has 3 N–H and O–H groups in total. The minimum Gasteiger partial charge on any atom is -0.361 e. The predicted molar refractivity (Wildman–Crippen MR) is 114 cm³/mol. The van der Waals surface area contributed by atoms with Crippen molar-refractivity contribution in [2.75, 3.05) is 13.6 Å². The van der Waals surface area contributed by atoms with E-state index in [1.165, 1.54) is 6.07 Å². The zero-order chi connectivity index (χ0) is 20.1. The van der Waals surface area contributed by atoms with Crippen molar-refractivity contribution in [1.82, 2.24) is 25.4 Å². The molecule has 0 saturated heterocycles. The molecule has 4 aromatic rings. The van der Waals surface area contributed by atoms with E-state index in [0.29, 0.717) is 19.0 Å². The molecule has 0 unspecified atom stereocenters. The van der Waals surface area contributed by atoms with Crippen LogP contribution in [0.1, 0.15) is 11.1 Å². The van der Waals surface area contributed by atoms with Gasteiger partial charge < -0.3 is 15.6 Å². The van der Waals surface area contributed by atoms with Crippen molar-refractivity contribution in [1.29, 1.82) is 0 Å². The number of halogens is 1. The third-order valence-corrected chi connectivity index (χ3v) is 4.76. The molecule has 0 bridgehead atoms. The maximum atomic E-state index is 13.5. The van der Waals surface area contributed by atoms with Crippen molar-refractivity contribution in [3.05, 3.63) is 84.1 Å². The molecule has 0 fully saturated rings. The highest BCUT2D eigenvalue weighted by Crippen LogP contribution is 2.19. The molecule has 2 aromatic carbocycles. The van der Waals surface area contributed by atoms with Gasteiger partial charge >= 0.3 is 0 Å². The first-order valence-corrected chi connectivity index (χ1v) is 9.52. The van der Waals surface area contributed by atoms with Crippen LogP contribution in [0.2, 0.25) is 0 Å². The number of aliphatic imine (C=N–C) groups is 1. The van der Waals surface area contributed by atoms with E-state index < -0.39 is 0 Å². The third-order valence-electron chi connectivity index (χ3n) is 4.76. The number of aromatic amines is 1. The summed E-state index contributed by atoms with van der Waals surface area (Å²) in [4.78, 5) is 7.44. The number of H-pyrrole nitrogens is 1. The van der Waals surface area contributed by atoms with Gasteiger partial charge in [-0.05, 0) is 42.3 Å².